The van der Waals surface area contributed by atoms with Gasteiger partial charge in [-0.05, 0) is 32.2 Å². The van der Waals surface area contributed by atoms with Crippen LogP contribution in [0, 0.1) is 0 Å². The van der Waals surface area contributed by atoms with Crippen LogP contribution in [-0.4, -0.2) is 15.5 Å². The second kappa shape index (κ2) is 5.76. The Bertz CT molecular complexity index is 835. The molecule has 0 aliphatic heterocycles. The Morgan fingerprint density at radius 2 is 1.74 bits per heavy atom. The molecule has 0 spiro atoms. The monoisotopic (exact) mass is 308 g/mol. The fraction of sp³-hybridized carbons (Fsp3) is 0.222. The Hall–Kier alpha value is -2.82. The summed E-state index contributed by atoms with van der Waals surface area (Å²) in [5.41, 5.74) is 6.41. The molecule has 0 radical (unpaired) electrons. The molecule has 0 saturated carbocycles. The van der Waals surface area contributed by atoms with Crippen molar-refractivity contribution in [1.82, 2.24) is 9.97 Å². The zero-order valence-corrected chi connectivity index (χ0v) is 13.5. The number of anilines is 2. The van der Waals surface area contributed by atoms with Crippen LogP contribution >= 0.6 is 0 Å². The van der Waals surface area contributed by atoms with E-state index in [2.05, 4.69) is 15.3 Å². The van der Waals surface area contributed by atoms with Crippen molar-refractivity contribution in [2.75, 3.05) is 11.1 Å². The van der Waals surface area contributed by atoms with E-state index < -0.39 is 0 Å². The maximum atomic E-state index is 6.17. The van der Waals surface area contributed by atoms with E-state index in [1.54, 1.807) is 0 Å². The van der Waals surface area contributed by atoms with E-state index in [4.69, 9.17) is 10.5 Å². The van der Waals surface area contributed by atoms with E-state index in [9.17, 15) is 0 Å². The highest BCUT2D eigenvalue weighted by Gasteiger charge is 2.16. The van der Waals surface area contributed by atoms with Crippen LogP contribution in [0.4, 0.5) is 11.5 Å². The molecule has 0 aliphatic rings. The fourth-order valence-electron chi connectivity index (χ4n) is 2.30. The SMILES string of the molecule is CC(C)(C)Nc1ncnc(Oc2cccc3ccccc23)c1N. The molecular weight excluding hydrogens is 288 g/mol. The van der Waals surface area contributed by atoms with Gasteiger partial charge in [-0.3, -0.25) is 0 Å². The van der Waals surface area contributed by atoms with Crippen molar-refractivity contribution < 1.29 is 4.74 Å². The van der Waals surface area contributed by atoms with Crippen LogP contribution in [0.25, 0.3) is 10.8 Å². The van der Waals surface area contributed by atoms with Crippen LogP contribution in [-0.2, 0) is 0 Å². The lowest BCUT2D eigenvalue weighted by Crippen LogP contribution is -2.27. The lowest BCUT2D eigenvalue weighted by molar-refractivity contribution is 0.469. The van der Waals surface area contributed by atoms with Crippen LogP contribution in [0.1, 0.15) is 20.8 Å². The molecule has 0 fully saturated rings. The summed E-state index contributed by atoms with van der Waals surface area (Å²) >= 11 is 0. The summed E-state index contributed by atoms with van der Waals surface area (Å²) in [4.78, 5) is 8.37. The minimum atomic E-state index is -0.154. The number of benzene rings is 2. The highest BCUT2D eigenvalue weighted by atomic mass is 16.5. The van der Waals surface area contributed by atoms with Gasteiger partial charge in [-0.2, -0.15) is 4.98 Å². The third-order valence-corrected chi connectivity index (χ3v) is 3.30. The van der Waals surface area contributed by atoms with Gasteiger partial charge in [0.25, 0.3) is 0 Å². The van der Waals surface area contributed by atoms with E-state index in [1.807, 2.05) is 63.2 Å². The van der Waals surface area contributed by atoms with Crippen LogP contribution in [0.5, 0.6) is 11.6 Å². The molecule has 0 unspecified atom stereocenters. The maximum absolute atomic E-state index is 6.17. The summed E-state index contributed by atoms with van der Waals surface area (Å²) in [6.07, 6.45) is 1.45. The van der Waals surface area contributed by atoms with Crippen molar-refractivity contribution in [3.63, 3.8) is 0 Å². The molecule has 5 nitrogen and oxygen atoms in total. The van der Waals surface area contributed by atoms with Crippen molar-refractivity contribution in [2.45, 2.75) is 26.3 Å². The second-order valence-corrected chi connectivity index (χ2v) is 6.40. The lowest BCUT2D eigenvalue weighted by atomic mass is 10.1. The quantitative estimate of drug-likeness (QED) is 0.758. The predicted octanol–water partition coefficient (Wildman–Crippen LogP) is 4.21. The highest BCUT2D eigenvalue weighted by Crippen LogP contribution is 2.34. The molecule has 0 atom stereocenters. The van der Waals surface area contributed by atoms with Crippen LogP contribution < -0.4 is 15.8 Å². The number of nitrogens with one attached hydrogen (secondary N) is 1. The molecule has 0 bridgehead atoms. The molecule has 3 N–H and O–H groups in total. The molecule has 0 amide bonds. The average molecular weight is 308 g/mol. The Kier molecular flexibility index (Phi) is 3.78. The van der Waals surface area contributed by atoms with Gasteiger partial charge in [0, 0.05) is 10.9 Å². The number of nitrogen functional groups attached to an aromatic ring is 1. The minimum Gasteiger partial charge on any atom is -0.436 e. The zero-order valence-electron chi connectivity index (χ0n) is 13.5. The molecule has 0 saturated heterocycles. The molecular formula is C18H20N4O. The molecule has 2 aromatic carbocycles. The molecule has 0 aliphatic carbocycles. The first kappa shape index (κ1) is 15.1. The number of ether oxygens (including phenoxy) is 1. The molecule has 3 aromatic rings. The van der Waals surface area contributed by atoms with Crippen LogP contribution in [0.15, 0.2) is 48.8 Å². The number of nitrogens with zero attached hydrogens (tertiary/aromatic N) is 2. The number of fused-ring (bicyclic) bond motifs is 1. The lowest BCUT2D eigenvalue weighted by Gasteiger charge is -2.22. The Balaban J connectivity index is 1.98. The topological polar surface area (TPSA) is 73.1 Å². The number of rotatable bonds is 3. The van der Waals surface area contributed by atoms with E-state index >= 15 is 0 Å². The molecule has 23 heavy (non-hydrogen) atoms. The first-order valence-electron chi connectivity index (χ1n) is 7.48. The van der Waals surface area contributed by atoms with Gasteiger partial charge >= 0.3 is 0 Å². The van der Waals surface area contributed by atoms with Gasteiger partial charge in [0.1, 0.15) is 17.8 Å². The summed E-state index contributed by atoms with van der Waals surface area (Å²) in [6.45, 7) is 6.12. The summed E-state index contributed by atoms with van der Waals surface area (Å²) in [7, 11) is 0. The van der Waals surface area contributed by atoms with Gasteiger partial charge < -0.3 is 15.8 Å². The highest BCUT2D eigenvalue weighted by molar-refractivity contribution is 5.88. The summed E-state index contributed by atoms with van der Waals surface area (Å²) < 4.78 is 5.96. The normalized spacial score (nSPS) is 11.4. The van der Waals surface area contributed by atoms with Gasteiger partial charge in [0.2, 0.25) is 5.88 Å². The van der Waals surface area contributed by atoms with Gasteiger partial charge in [0.15, 0.2) is 5.82 Å². The van der Waals surface area contributed by atoms with Crippen molar-refractivity contribution in [2.24, 2.45) is 0 Å². The van der Waals surface area contributed by atoms with E-state index in [-0.39, 0.29) is 5.54 Å². The fourth-order valence-corrected chi connectivity index (χ4v) is 2.30. The molecule has 5 heteroatoms. The number of nitrogens with two attached hydrogens (primary N) is 1. The minimum absolute atomic E-state index is 0.154. The Morgan fingerprint density at radius 3 is 2.52 bits per heavy atom. The maximum Gasteiger partial charge on any atom is 0.248 e. The second-order valence-electron chi connectivity index (χ2n) is 6.40. The third kappa shape index (κ3) is 3.34. The molecule has 118 valence electrons. The molecule has 1 heterocycles. The summed E-state index contributed by atoms with van der Waals surface area (Å²) in [5.74, 6) is 1.64. The first-order valence-corrected chi connectivity index (χ1v) is 7.48. The zero-order chi connectivity index (χ0) is 16.4. The van der Waals surface area contributed by atoms with Crippen LogP contribution in [0.3, 0.4) is 0 Å². The standard InChI is InChI=1S/C18H20N4O/c1-18(2,3)22-16-15(19)17(21-11-20-16)23-14-10-6-8-12-7-4-5-9-13(12)14/h4-11H,19H2,1-3H3,(H,20,21,22). The first-order chi connectivity index (χ1) is 10.9. The van der Waals surface area contributed by atoms with Gasteiger partial charge in [-0.25, -0.2) is 4.98 Å². The van der Waals surface area contributed by atoms with Crippen molar-refractivity contribution in [1.29, 1.82) is 0 Å². The van der Waals surface area contributed by atoms with E-state index in [1.165, 1.54) is 6.33 Å². The number of hydrogen-bond acceptors (Lipinski definition) is 5. The van der Waals surface area contributed by atoms with Gasteiger partial charge in [-0.15, -0.1) is 0 Å². The van der Waals surface area contributed by atoms with Crippen molar-refractivity contribution in [3.05, 3.63) is 48.8 Å². The predicted molar refractivity (Wildman–Crippen MR) is 93.8 cm³/mol. The summed E-state index contributed by atoms with van der Waals surface area (Å²) in [6, 6.07) is 13.9. The molecule has 1 aromatic heterocycles. The Morgan fingerprint density at radius 1 is 1.00 bits per heavy atom. The van der Waals surface area contributed by atoms with Crippen molar-refractivity contribution >= 4 is 22.3 Å². The number of aromatic nitrogens is 2. The van der Waals surface area contributed by atoms with Gasteiger partial charge in [-0.1, -0.05) is 36.4 Å². The third-order valence-electron chi connectivity index (χ3n) is 3.30. The van der Waals surface area contributed by atoms with E-state index in [0.717, 1.165) is 16.5 Å². The van der Waals surface area contributed by atoms with E-state index in [0.29, 0.717) is 17.4 Å². The largest absolute Gasteiger partial charge is 0.436 e. The smallest absolute Gasteiger partial charge is 0.248 e. The molecule has 3 rings (SSSR count). The van der Waals surface area contributed by atoms with Crippen molar-refractivity contribution in [3.8, 4) is 11.6 Å². The average Bonchev–Trinajstić information content (AvgIpc) is 2.50. The number of hydrogen-bond donors (Lipinski definition) is 2. The van der Waals surface area contributed by atoms with Crippen LogP contribution in [0.2, 0.25) is 0 Å². The Labute approximate surface area is 135 Å². The van der Waals surface area contributed by atoms with Gasteiger partial charge in [0.05, 0.1) is 0 Å². The summed E-state index contributed by atoms with van der Waals surface area (Å²) in [5, 5.41) is 5.37.